The van der Waals surface area contributed by atoms with Crippen molar-refractivity contribution >= 4 is 35.0 Å². The van der Waals surface area contributed by atoms with Crippen LogP contribution in [0.5, 0.6) is 0 Å². The lowest BCUT2D eigenvalue weighted by Gasteiger charge is -2.07. The second-order valence-corrected chi connectivity index (χ2v) is 5.81. The van der Waals surface area contributed by atoms with Gasteiger partial charge in [-0.2, -0.15) is 5.10 Å². The number of hydrogen-bond donors (Lipinski definition) is 2. The molecule has 0 saturated heterocycles. The van der Waals surface area contributed by atoms with E-state index in [1.165, 1.54) is 18.7 Å². The number of rotatable bonds is 5. The number of aryl methyl sites for hydroxylation is 2. The van der Waals surface area contributed by atoms with Gasteiger partial charge in [-0.3, -0.25) is 9.59 Å². The first-order valence-electron chi connectivity index (χ1n) is 6.92. The molecule has 2 aromatic rings. The Balaban J connectivity index is 1.91. The Morgan fingerprint density at radius 2 is 1.78 bits per heavy atom. The van der Waals surface area contributed by atoms with Gasteiger partial charge in [0, 0.05) is 18.3 Å². The summed E-state index contributed by atoms with van der Waals surface area (Å²) >= 11 is 1.22. The Morgan fingerprint density at radius 3 is 2.43 bits per heavy atom. The van der Waals surface area contributed by atoms with E-state index in [4.69, 9.17) is 0 Å². The van der Waals surface area contributed by atoms with Crippen LogP contribution in [0.25, 0.3) is 0 Å². The first kappa shape index (κ1) is 16.9. The molecule has 0 atom stereocenters. The number of hydrogen-bond acceptors (Lipinski definition) is 6. The number of aromatic nitrogens is 3. The van der Waals surface area contributed by atoms with Gasteiger partial charge >= 0.3 is 0 Å². The van der Waals surface area contributed by atoms with E-state index >= 15 is 0 Å². The highest BCUT2D eigenvalue weighted by Gasteiger charge is 2.08. The lowest BCUT2D eigenvalue weighted by Crippen LogP contribution is -2.15. The van der Waals surface area contributed by atoms with Crippen LogP contribution >= 0.6 is 11.8 Å². The molecule has 1 aromatic carbocycles. The summed E-state index contributed by atoms with van der Waals surface area (Å²) in [6.07, 6.45) is 0. The van der Waals surface area contributed by atoms with Crippen molar-refractivity contribution < 1.29 is 9.59 Å². The summed E-state index contributed by atoms with van der Waals surface area (Å²) in [5, 5.41) is 13.8. The predicted octanol–water partition coefficient (Wildman–Crippen LogP) is 2.18. The molecule has 1 heterocycles. The molecule has 2 amide bonds. The Bertz CT molecular complexity index is 736. The maximum absolute atomic E-state index is 12.0. The minimum atomic E-state index is -0.184. The molecule has 0 aliphatic carbocycles. The van der Waals surface area contributed by atoms with Crippen LogP contribution in [0.1, 0.15) is 18.3 Å². The van der Waals surface area contributed by atoms with E-state index in [2.05, 4.69) is 25.8 Å². The molecule has 0 saturated carbocycles. The van der Waals surface area contributed by atoms with Crippen LogP contribution in [0.2, 0.25) is 0 Å². The molecule has 0 fully saturated rings. The standard InChI is InChI=1S/C15H17N5O2S/c1-9-10(2)19-20-15(16-9)23-8-14(22)18-13-6-4-5-12(7-13)17-11(3)21/h4-7H,8H2,1-3H3,(H,17,21)(H,18,22). The van der Waals surface area contributed by atoms with E-state index in [0.717, 1.165) is 11.4 Å². The summed E-state index contributed by atoms with van der Waals surface area (Å²) in [7, 11) is 0. The second kappa shape index (κ2) is 7.68. The zero-order chi connectivity index (χ0) is 16.8. The first-order chi connectivity index (χ1) is 10.9. The Kier molecular flexibility index (Phi) is 5.64. The van der Waals surface area contributed by atoms with Gasteiger partial charge in [0.25, 0.3) is 0 Å². The van der Waals surface area contributed by atoms with Crippen molar-refractivity contribution in [3.63, 3.8) is 0 Å². The van der Waals surface area contributed by atoms with Gasteiger partial charge in [-0.25, -0.2) is 4.98 Å². The fourth-order valence-corrected chi connectivity index (χ4v) is 2.34. The van der Waals surface area contributed by atoms with Crippen LogP contribution < -0.4 is 10.6 Å². The molecule has 1 aromatic heterocycles. The average Bonchev–Trinajstić information content (AvgIpc) is 2.48. The second-order valence-electron chi connectivity index (χ2n) is 4.86. The number of anilines is 2. The third kappa shape index (κ3) is 5.33. The molecule has 120 valence electrons. The molecule has 0 bridgehead atoms. The van der Waals surface area contributed by atoms with Crippen molar-refractivity contribution in [3.05, 3.63) is 35.7 Å². The van der Waals surface area contributed by atoms with Gasteiger partial charge in [0.2, 0.25) is 17.0 Å². The van der Waals surface area contributed by atoms with Gasteiger partial charge in [0.05, 0.1) is 17.1 Å². The fraction of sp³-hybridized carbons (Fsp3) is 0.267. The highest BCUT2D eigenvalue weighted by molar-refractivity contribution is 7.99. The third-order valence-corrected chi connectivity index (χ3v) is 3.71. The van der Waals surface area contributed by atoms with Gasteiger partial charge in [0.15, 0.2) is 0 Å². The number of nitrogens with zero attached hydrogens (tertiary/aromatic N) is 3. The zero-order valence-electron chi connectivity index (χ0n) is 13.1. The molecule has 2 N–H and O–H groups in total. The normalized spacial score (nSPS) is 10.2. The van der Waals surface area contributed by atoms with Gasteiger partial charge < -0.3 is 10.6 Å². The van der Waals surface area contributed by atoms with Crippen LogP contribution in [0.3, 0.4) is 0 Å². The van der Waals surface area contributed by atoms with Crippen LogP contribution in [-0.4, -0.2) is 32.7 Å². The molecule has 0 unspecified atom stereocenters. The first-order valence-corrected chi connectivity index (χ1v) is 7.91. The maximum atomic E-state index is 12.0. The quantitative estimate of drug-likeness (QED) is 0.815. The van der Waals surface area contributed by atoms with E-state index in [-0.39, 0.29) is 17.6 Å². The average molecular weight is 331 g/mol. The molecular formula is C15H17N5O2S. The van der Waals surface area contributed by atoms with Gasteiger partial charge in [-0.1, -0.05) is 17.8 Å². The molecule has 23 heavy (non-hydrogen) atoms. The number of carbonyl (C=O) groups is 2. The van der Waals surface area contributed by atoms with Crippen LogP contribution in [-0.2, 0) is 9.59 Å². The van der Waals surface area contributed by atoms with Crippen molar-refractivity contribution in [2.24, 2.45) is 0 Å². The van der Waals surface area contributed by atoms with E-state index in [1.54, 1.807) is 24.3 Å². The van der Waals surface area contributed by atoms with Crippen molar-refractivity contribution in [3.8, 4) is 0 Å². The summed E-state index contributed by atoms with van der Waals surface area (Å²) in [5.41, 5.74) is 2.81. The highest BCUT2D eigenvalue weighted by Crippen LogP contribution is 2.17. The number of amides is 2. The minimum absolute atomic E-state index is 0.163. The summed E-state index contributed by atoms with van der Waals surface area (Å²) in [6, 6.07) is 6.95. The molecule has 2 rings (SSSR count). The van der Waals surface area contributed by atoms with Crippen LogP contribution in [0.4, 0.5) is 11.4 Å². The molecule has 0 aliphatic rings. The van der Waals surface area contributed by atoms with Crippen molar-refractivity contribution in [2.75, 3.05) is 16.4 Å². The number of carbonyl (C=O) groups excluding carboxylic acids is 2. The van der Waals surface area contributed by atoms with Gasteiger partial charge in [0.1, 0.15) is 0 Å². The predicted molar refractivity (Wildman–Crippen MR) is 89.4 cm³/mol. The summed E-state index contributed by atoms with van der Waals surface area (Å²) in [6.45, 7) is 5.11. The maximum Gasteiger partial charge on any atom is 0.234 e. The van der Waals surface area contributed by atoms with Crippen LogP contribution in [0.15, 0.2) is 29.4 Å². The summed E-state index contributed by atoms with van der Waals surface area (Å²) in [5.74, 6) is -0.172. The molecule has 0 spiro atoms. The Labute approximate surface area is 138 Å². The van der Waals surface area contributed by atoms with E-state index in [0.29, 0.717) is 16.5 Å². The molecular weight excluding hydrogens is 314 g/mol. The molecule has 8 heteroatoms. The molecule has 0 radical (unpaired) electrons. The lowest BCUT2D eigenvalue weighted by molar-refractivity contribution is -0.114. The smallest absolute Gasteiger partial charge is 0.234 e. The SMILES string of the molecule is CC(=O)Nc1cccc(NC(=O)CSc2nnc(C)c(C)n2)c1. The summed E-state index contributed by atoms with van der Waals surface area (Å²) in [4.78, 5) is 27.3. The number of thioether (sulfide) groups is 1. The largest absolute Gasteiger partial charge is 0.326 e. The van der Waals surface area contributed by atoms with Crippen molar-refractivity contribution in [1.29, 1.82) is 0 Å². The zero-order valence-corrected chi connectivity index (χ0v) is 13.9. The van der Waals surface area contributed by atoms with Crippen molar-refractivity contribution in [1.82, 2.24) is 15.2 Å². The minimum Gasteiger partial charge on any atom is -0.326 e. The highest BCUT2D eigenvalue weighted by atomic mass is 32.2. The lowest BCUT2D eigenvalue weighted by atomic mass is 10.2. The van der Waals surface area contributed by atoms with Crippen LogP contribution in [0, 0.1) is 13.8 Å². The number of nitrogens with one attached hydrogen (secondary N) is 2. The van der Waals surface area contributed by atoms with E-state index in [1.807, 2.05) is 13.8 Å². The summed E-state index contributed by atoms with van der Waals surface area (Å²) < 4.78 is 0. The third-order valence-electron chi connectivity index (χ3n) is 2.87. The monoisotopic (exact) mass is 331 g/mol. The molecule has 7 nitrogen and oxygen atoms in total. The van der Waals surface area contributed by atoms with Crippen molar-refractivity contribution in [2.45, 2.75) is 25.9 Å². The van der Waals surface area contributed by atoms with Gasteiger partial charge in [-0.15, -0.1) is 5.10 Å². The molecule has 0 aliphatic heterocycles. The topological polar surface area (TPSA) is 96.9 Å². The Hall–Kier alpha value is -2.48. The van der Waals surface area contributed by atoms with E-state index < -0.39 is 0 Å². The van der Waals surface area contributed by atoms with Gasteiger partial charge in [-0.05, 0) is 32.0 Å². The van der Waals surface area contributed by atoms with E-state index in [9.17, 15) is 9.59 Å². The fourth-order valence-electron chi connectivity index (χ4n) is 1.70. The number of benzene rings is 1. The Morgan fingerprint density at radius 1 is 1.09 bits per heavy atom.